The average Bonchev–Trinajstić information content (AvgIpc) is 2.84. The molecule has 3 aromatic rings. The van der Waals surface area contributed by atoms with E-state index in [0.717, 1.165) is 12.1 Å². The van der Waals surface area contributed by atoms with Crippen LogP contribution >= 0.6 is 0 Å². The minimum atomic E-state index is -1.00. The highest BCUT2D eigenvalue weighted by molar-refractivity contribution is 5.91. The number of aliphatic carboxylic acids is 1. The van der Waals surface area contributed by atoms with E-state index in [2.05, 4.69) is 4.98 Å². The van der Waals surface area contributed by atoms with Crippen LogP contribution in [0.5, 0.6) is 0 Å². The van der Waals surface area contributed by atoms with Crippen LogP contribution in [0, 0.1) is 17.5 Å². The number of halogens is 3. The van der Waals surface area contributed by atoms with Crippen molar-refractivity contribution in [2.24, 2.45) is 0 Å². The van der Waals surface area contributed by atoms with Crippen LogP contribution < -0.4 is 0 Å². The predicted molar refractivity (Wildman–Crippen MR) is 79.6 cm³/mol. The van der Waals surface area contributed by atoms with Crippen LogP contribution in [0.1, 0.15) is 12.0 Å². The maximum atomic E-state index is 13.5. The molecule has 3 rings (SSSR count). The molecule has 0 bridgehead atoms. The summed E-state index contributed by atoms with van der Waals surface area (Å²) in [5.41, 5.74) is 2.08. The lowest BCUT2D eigenvalue weighted by Crippen LogP contribution is -1.98. The Morgan fingerprint density at radius 2 is 1.70 bits per heavy atom. The molecule has 23 heavy (non-hydrogen) atoms. The van der Waals surface area contributed by atoms with E-state index in [-0.39, 0.29) is 12.8 Å². The first-order chi connectivity index (χ1) is 11.0. The molecule has 6 heteroatoms. The van der Waals surface area contributed by atoms with Crippen LogP contribution in [0.2, 0.25) is 0 Å². The van der Waals surface area contributed by atoms with Gasteiger partial charge in [0.2, 0.25) is 0 Å². The highest BCUT2D eigenvalue weighted by Crippen LogP contribution is 2.32. The van der Waals surface area contributed by atoms with Crippen molar-refractivity contribution >= 4 is 16.9 Å². The third-order valence-corrected chi connectivity index (χ3v) is 3.67. The molecule has 0 aliphatic heterocycles. The lowest BCUT2D eigenvalue weighted by Gasteiger charge is -2.04. The number of carboxylic acid groups (broad SMARTS) is 1. The predicted octanol–water partition coefficient (Wildman–Crippen LogP) is 4.27. The van der Waals surface area contributed by atoms with Gasteiger partial charge in [0.15, 0.2) is 11.6 Å². The van der Waals surface area contributed by atoms with Gasteiger partial charge in [-0.3, -0.25) is 4.79 Å². The largest absolute Gasteiger partial charge is 0.481 e. The van der Waals surface area contributed by atoms with E-state index in [4.69, 9.17) is 5.11 Å². The van der Waals surface area contributed by atoms with Crippen LogP contribution in [0.25, 0.3) is 22.2 Å². The van der Waals surface area contributed by atoms with Gasteiger partial charge in [0.1, 0.15) is 5.82 Å². The Bertz CT molecular complexity index is 885. The van der Waals surface area contributed by atoms with E-state index < -0.39 is 23.4 Å². The van der Waals surface area contributed by atoms with E-state index >= 15 is 0 Å². The zero-order valence-electron chi connectivity index (χ0n) is 11.9. The molecule has 0 saturated carbocycles. The first-order valence-corrected chi connectivity index (χ1v) is 6.93. The highest BCUT2D eigenvalue weighted by Gasteiger charge is 2.17. The Balaban J connectivity index is 2.20. The number of carbonyl (C=O) groups is 1. The van der Waals surface area contributed by atoms with Crippen LogP contribution in [0.15, 0.2) is 36.4 Å². The van der Waals surface area contributed by atoms with Gasteiger partial charge in [0.05, 0.1) is 0 Å². The molecular formula is C17H12F3NO2. The molecule has 0 atom stereocenters. The van der Waals surface area contributed by atoms with Gasteiger partial charge < -0.3 is 10.1 Å². The second-order valence-electron chi connectivity index (χ2n) is 5.19. The number of aromatic nitrogens is 1. The number of hydrogen-bond acceptors (Lipinski definition) is 1. The summed E-state index contributed by atoms with van der Waals surface area (Å²) in [5, 5.41) is 9.31. The molecular weight excluding hydrogens is 307 g/mol. The molecule has 0 aliphatic carbocycles. The molecule has 0 spiro atoms. The van der Waals surface area contributed by atoms with Gasteiger partial charge in [0.25, 0.3) is 0 Å². The second-order valence-corrected chi connectivity index (χ2v) is 5.19. The smallest absolute Gasteiger partial charge is 0.303 e. The van der Waals surface area contributed by atoms with E-state index in [1.54, 1.807) is 0 Å². The number of rotatable bonds is 4. The number of benzene rings is 2. The summed E-state index contributed by atoms with van der Waals surface area (Å²) in [6.07, 6.45) is -0.00669. The van der Waals surface area contributed by atoms with Crippen molar-refractivity contribution in [1.29, 1.82) is 0 Å². The average molecular weight is 319 g/mol. The number of aryl methyl sites for hydroxylation is 1. The molecule has 118 valence electrons. The summed E-state index contributed by atoms with van der Waals surface area (Å²) in [6, 6.07) is 7.66. The van der Waals surface area contributed by atoms with Gasteiger partial charge in [-0.1, -0.05) is 0 Å². The number of hydrogen-bond donors (Lipinski definition) is 2. The lowest BCUT2D eigenvalue weighted by atomic mass is 10.0. The molecule has 2 aromatic carbocycles. The zero-order chi connectivity index (χ0) is 16.6. The van der Waals surface area contributed by atoms with E-state index in [1.165, 1.54) is 24.3 Å². The van der Waals surface area contributed by atoms with Crippen molar-refractivity contribution in [3.8, 4) is 11.3 Å². The maximum absolute atomic E-state index is 13.5. The number of H-pyrrole nitrogens is 1. The minimum absolute atomic E-state index is 0.146. The molecule has 0 unspecified atom stereocenters. The van der Waals surface area contributed by atoms with Crippen LogP contribution in [-0.2, 0) is 11.2 Å². The van der Waals surface area contributed by atoms with Gasteiger partial charge in [-0.2, -0.15) is 0 Å². The third-order valence-electron chi connectivity index (χ3n) is 3.67. The number of fused-ring (bicyclic) bond motifs is 1. The Labute approximate surface area is 129 Å². The van der Waals surface area contributed by atoms with E-state index in [1.807, 2.05) is 0 Å². The highest BCUT2D eigenvalue weighted by atomic mass is 19.2. The van der Waals surface area contributed by atoms with Crippen molar-refractivity contribution in [1.82, 2.24) is 4.98 Å². The van der Waals surface area contributed by atoms with Crippen molar-refractivity contribution < 1.29 is 23.1 Å². The molecule has 1 aromatic heterocycles. The topological polar surface area (TPSA) is 53.1 Å². The number of carboxylic acids is 1. The van der Waals surface area contributed by atoms with Gasteiger partial charge in [-0.25, -0.2) is 13.2 Å². The molecule has 1 heterocycles. The molecule has 0 amide bonds. The molecule has 0 radical (unpaired) electrons. The SMILES string of the molecule is O=C(O)CCc1c(-c2ccc(F)cc2)[nH]c2cc(F)c(F)cc12. The second kappa shape index (κ2) is 5.79. The fraction of sp³-hybridized carbons (Fsp3) is 0.118. The number of aromatic amines is 1. The Morgan fingerprint density at radius 1 is 1.04 bits per heavy atom. The monoisotopic (exact) mass is 319 g/mol. The van der Waals surface area contributed by atoms with Crippen molar-refractivity contribution in [2.75, 3.05) is 0 Å². The fourth-order valence-corrected chi connectivity index (χ4v) is 2.60. The molecule has 0 fully saturated rings. The minimum Gasteiger partial charge on any atom is -0.481 e. The molecule has 3 nitrogen and oxygen atoms in total. The summed E-state index contributed by atoms with van der Waals surface area (Å²) in [5.74, 6) is -3.39. The standard InChI is InChI=1S/C17H12F3NO2/c18-10-3-1-9(2-4-10)17-11(5-6-16(22)23)12-7-13(19)14(20)8-15(12)21-17/h1-4,7-8,21H,5-6H2,(H,22,23). The summed E-state index contributed by atoms with van der Waals surface area (Å²) in [6.45, 7) is 0. The van der Waals surface area contributed by atoms with E-state index in [9.17, 15) is 18.0 Å². The molecule has 0 aliphatic rings. The van der Waals surface area contributed by atoms with Crippen LogP contribution in [-0.4, -0.2) is 16.1 Å². The first-order valence-electron chi connectivity index (χ1n) is 6.93. The quantitative estimate of drug-likeness (QED) is 0.754. The van der Waals surface area contributed by atoms with Crippen molar-refractivity contribution in [2.45, 2.75) is 12.8 Å². The Morgan fingerprint density at radius 3 is 2.35 bits per heavy atom. The maximum Gasteiger partial charge on any atom is 0.303 e. The summed E-state index contributed by atoms with van der Waals surface area (Å²) in [4.78, 5) is 13.8. The Hall–Kier alpha value is -2.76. The van der Waals surface area contributed by atoms with Crippen LogP contribution in [0.3, 0.4) is 0 Å². The lowest BCUT2D eigenvalue weighted by molar-refractivity contribution is -0.136. The van der Waals surface area contributed by atoms with Gasteiger partial charge in [-0.15, -0.1) is 0 Å². The summed E-state index contributed by atoms with van der Waals surface area (Å²) in [7, 11) is 0. The Kier molecular flexibility index (Phi) is 3.82. The third kappa shape index (κ3) is 2.92. The summed E-state index contributed by atoms with van der Waals surface area (Å²) >= 11 is 0. The van der Waals surface area contributed by atoms with Gasteiger partial charge >= 0.3 is 5.97 Å². The molecule has 2 N–H and O–H groups in total. The van der Waals surface area contributed by atoms with Gasteiger partial charge in [-0.05, 0) is 47.9 Å². The molecule has 0 saturated heterocycles. The first kappa shape index (κ1) is 15.1. The number of nitrogens with one attached hydrogen (secondary N) is 1. The fourth-order valence-electron chi connectivity index (χ4n) is 2.60. The van der Waals surface area contributed by atoms with Crippen LogP contribution in [0.4, 0.5) is 13.2 Å². The van der Waals surface area contributed by atoms with Crippen molar-refractivity contribution in [3.63, 3.8) is 0 Å². The summed E-state index contributed by atoms with van der Waals surface area (Å²) < 4.78 is 40.0. The normalized spacial score (nSPS) is 11.1. The zero-order valence-corrected chi connectivity index (χ0v) is 11.9. The van der Waals surface area contributed by atoms with Gasteiger partial charge in [0, 0.05) is 29.1 Å². The van der Waals surface area contributed by atoms with Crippen molar-refractivity contribution in [3.05, 3.63) is 59.4 Å². The van der Waals surface area contributed by atoms with E-state index in [0.29, 0.717) is 27.7 Å².